The number of hydrogen-bond acceptors (Lipinski definition) is 3. The maximum atomic E-state index is 10.0. The van der Waals surface area contributed by atoms with Crippen LogP contribution in [0.25, 0.3) is 0 Å². The molecule has 22 heavy (non-hydrogen) atoms. The van der Waals surface area contributed by atoms with Gasteiger partial charge in [0.2, 0.25) is 0 Å². The molecule has 2 rings (SSSR count). The van der Waals surface area contributed by atoms with Crippen molar-refractivity contribution in [3.8, 4) is 0 Å². The third-order valence-electron chi connectivity index (χ3n) is 4.48. The van der Waals surface area contributed by atoms with Crippen LogP contribution in [-0.4, -0.2) is 48.5 Å². The van der Waals surface area contributed by atoms with Gasteiger partial charge in [-0.3, -0.25) is 0 Å². The molecule has 0 bridgehead atoms. The third kappa shape index (κ3) is 6.47. The minimum absolute atomic E-state index is 0.193. The maximum absolute atomic E-state index is 10.0. The van der Waals surface area contributed by atoms with Crippen molar-refractivity contribution in [2.24, 2.45) is 5.92 Å². The van der Waals surface area contributed by atoms with E-state index in [2.05, 4.69) is 35.2 Å². The number of ether oxygens (including phenoxy) is 1. The van der Waals surface area contributed by atoms with E-state index in [0.29, 0.717) is 6.61 Å². The highest BCUT2D eigenvalue weighted by molar-refractivity contribution is 5.14. The number of benzene rings is 1. The van der Waals surface area contributed by atoms with Crippen LogP contribution in [0.15, 0.2) is 30.3 Å². The predicted molar refractivity (Wildman–Crippen MR) is 91.0 cm³/mol. The number of piperidine rings is 1. The number of aryl methyl sites for hydroxylation is 1. The zero-order chi connectivity index (χ0) is 15.8. The lowest BCUT2D eigenvalue weighted by atomic mass is 9.90. The van der Waals surface area contributed by atoms with Crippen LogP contribution in [0.4, 0.5) is 0 Å². The normalized spacial score (nSPS) is 18.7. The molecule has 0 saturated carbocycles. The Labute approximate surface area is 135 Å². The number of rotatable bonds is 8. The van der Waals surface area contributed by atoms with Crippen LogP contribution in [-0.2, 0) is 11.2 Å². The van der Waals surface area contributed by atoms with Crippen LogP contribution >= 0.6 is 0 Å². The Bertz CT molecular complexity index is 399. The Kier molecular flexibility index (Phi) is 7.37. The highest BCUT2D eigenvalue weighted by atomic mass is 16.5. The van der Waals surface area contributed by atoms with Crippen molar-refractivity contribution in [2.75, 3.05) is 26.2 Å². The molecule has 1 aromatic rings. The summed E-state index contributed by atoms with van der Waals surface area (Å²) in [5.74, 6) is 0.834. The molecule has 1 aromatic carbocycles. The Morgan fingerprint density at radius 3 is 2.50 bits per heavy atom. The molecule has 1 aliphatic heterocycles. The Morgan fingerprint density at radius 1 is 1.18 bits per heavy atom. The molecule has 1 fully saturated rings. The van der Waals surface area contributed by atoms with Gasteiger partial charge in [0.1, 0.15) is 0 Å². The topological polar surface area (TPSA) is 32.7 Å². The molecular weight excluding hydrogens is 274 g/mol. The summed E-state index contributed by atoms with van der Waals surface area (Å²) in [5, 5.41) is 10.0. The second-order valence-electron chi connectivity index (χ2n) is 6.80. The molecule has 0 amide bonds. The zero-order valence-electron chi connectivity index (χ0n) is 14.1. The fourth-order valence-corrected chi connectivity index (χ4v) is 3.13. The van der Waals surface area contributed by atoms with Gasteiger partial charge in [0.15, 0.2) is 0 Å². The van der Waals surface area contributed by atoms with E-state index >= 15 is 0 Å². The summed E-state index contributed by atoms with van der Waals surface area (Å²) in [6.07, 6.45) is 4.82. The van der Waals surface area contributed by atoms with E-state index in [0.717, 1.165) is 25.6 Å². The number of aliphatic hydroxyl groups excluding tert-OH is 1. The van der Waals surface area contributed by atoms with Crippen molar-refractivity contribution in [2.45, 2.75) is 51.7 Å². The molecule has 1 heterocycles. The SMILES string of the molecule is CC(C)OCC(O)CN1CCC(CCc2ccccc2)CC1. The quantitative estimate of drug-likeness (QED) is 0.801. The van der Waals surface area contributed by atoms with Gasteiger partial charge >= 0.3 is 0 Å². The summed E-state index contributed by atoms with van der Waals surface area (Å²) in [4.78, 5) is 2.38. The van der Waals surface area contributed by atoms with Crippen molar-refractivity contribution in [3.05, 3.63) is 35.9 Å². The van der Waals surface area contributed by atoms with E-state index in [-0.39, 0.29) is 12.2 Å². The smallest absolute Gasteiger partial charge is 0.0900 e. The van der Waals surface area contributed by atoms with Gasteiger partial charge in [0, 0.05) is 6.54 Å². The Hall–Kier alpha value is -0.900. The van der Waals surface area contributed by atoms with Crippen LogP contribution in [0.3, 0.4) is 0 Å². The highest BCUT2D eigenvalue weighted by Crippen LogP contribution is 2.22. The molecule has 0 aromatic heterocycles. The fourth-order valence-electron chi connectivity index (χ4n) is 3.13. The fraction of sp³-hybridized carbons (Fsp3) is 0.684. The maximum Gasteiger partial charge on any atom is 0.0900 e. The van der Waals surface area contributed by atoms with Crippen molar-refractivity contribution in [3.63, 3.8) is 0 Å². The number of β-amino-alcohol motifs (C(OH)–C–C–N with tert-alkyl or cyclic N) is 1. The van der Waals surface area contributed by atoms with Gasteiger partial charge in [-0.2, -0.15) is 0 Å². The average Bonchev–Trinajstić information content (AvgIpc) is 2.53. The third-order valence-corrected chi connectivity index (χ3v) is 4.48. The van der Waals surface area contributed by atoms with Crippen molar-refractivity contribution < 1.29 is 9.84 Å². The number of nitrogens with zero attached hydrogens (tertiary/aromatic N) is 1. The van der Waals surface area contributed by atoms with E-state index in [4.69, 9.17) is 4.74 Å². The molecular formula is C19H31NO2. The molecule has 0 spiro atoms. The van der Waals surface area contributed by atoms with Gasteiger partial charge in [-0.15, -0.1) is 0 Å². The number of hydrogen-bond donors (Lipinski definition) is 1. The van der Waals surface area contributed by atoms with E-state index < -0.39 is 0 Å². The summed E-state index contributed by atoms with van der Waals surface area (Å²) in [6.45, 7) is 7.43. The van der Waals surface area contributed by atoms with E-state index in [1.807, 2.05) is 13.8 Å². The van der Waals surface area contributed by atoms with Gasteiger partial charge in [-0.25, -0.2) is 0 Å². The van der Waals surface area contributed by atoms with Gasteiger partial charge in [0.05, 0.1) is 18.8 Å². The van der Waals surface area contributed by atoms with E-state index in [1.165, 1.54) is 31.2 Å². The second kappa shape index (κ2) is 9.29. The zero-order valence-corrected chi connectivity index (χ0v) is 14.1. The molecule has 0 aliphatic carbocycles. The van der Waals surface area contributed by atoms with Gasteiger partial charge in [-0.1, -0.05) is 30.3 Å². The highest BCUT2D eigenvalue weighted by Gasteiger charge is 2.21. The van der Waals surface area contributed by atoms with Crippen LogP contribution in [0.5, 0.6) is 0 Å². The first-order chi connectivity index (χ1) is 10.6. The standard InChI is InChI=1S/C19H31NO2/c1-16(2)22-15-19(21)14-20-12-10-18(11-13-20)9-8-17-6-4-3-5-7-17/h3-7,16,18-19,21H,8-15H2,1-2H3. The lowest BCUT2D eigenvalue weighted by Crippen LogP contribution is -2.40. The Balaban J connectivity index is 1.61. The molecule has 0 radical (unpaired) electrons. The first-order valence-corrected chi connectivity index (χ1v) is 8.69. The summed E-state index contributed by atoms with van der Waals surface area (Å²) in [6, 6.07) is 10.8. The molecule has 1 unspecified atom stereocenters. The number of likely N-dealkylation sites (tertiary alicyclic amines) is 1. The van der Waals surface area contributed by atoms with Crippen LogP contribution in [0, 0.1) is 5.92 Å². The monoisotopic (exact) mass is 305 g/mol. The van der Waals surface area contributed by atoms with Crippen molar-refractivity contribution in [1.82, 2.24) is 4.90 Å². The van der Waals surface area contributed by atoms with Gasteiger partial charge in [0.25, 0.3) is 0 Å². The van der Waals surface area contributed by atoms with Crippen molar-refractivity contribution >= 4 is 0 Å². The largest absolute Gasteiger partial charge is 0.389 e. The summed E-state index contributed by atoms with van der Waals surface area (Å²) >= 11 is 0. The van der Waals surface area contributed by atoms with E-state index in [9.17, 15) is 5.11 Å². The lowest BCUT2D eigenvalue weighted by Gasteiger charge is -2.33. The summed E-state index contributed by atoms with van der Waals surface area (Å²) in [7, 11) is 0. The molecule has 3 heteroatoms. The van der Waals surface area contributed by atoms with Crippen LogP contribution < -0.4 is 0 Å². The second-order valence-corrected chi connectivity index (χ2v) is 6.80. The molecule has 1 atom stereocenters. The van der Waals surface area contributed by atoms with Crippen LogP contribution in [0.2, 0.25) is 0 Å². The van der Waals surface area contributed by atoms with E-state index in [1.54, 1.807) is 0 Å². The van der Waals surface area contributed by atoms with Crippen LogP contribution in [0.1, 0.15) is 38.7 Å². The molecule has 1 aliphatic rings. The summed E-state index contributed by atoms with van der Waals surface area (Å²) < 4.78 is 5.48. The van der Waals surface area contributed by atoms with Crippen molar-refractivity contribution in [1.29, 1.82) is 0 Å². The average molecular weight is 305 g/mol. The Morgan fingerprint density at radius 2 is 1.86 bits per heavy atom. The van der Waals surface area contributed by atoms with Gasteiger partial charge < -0.3 is 14.7 Å². The first-order valence-electron chi connectivity index (χ1n) is 8.69. The molecule has 3 nitrogen and oxygen atoms in total. The molecule has 124 valence electrons. The van der Waals surface area contributed by atoms with Gasteiger partial charge in [-0.05, 0) is 64.1 Å². The summed E-state index contributed by atoms with van der Waals surface area (Å²) in [5.41, 5.74) is 1.45. The number of aliphatic hydroxyl groups is 1. The lowest BCUT2D eigenvalue weighted by molar-refractivity contribution is -0.0125. The first kappa shape index (κ1) is 17.5. The minimum atomic E-state index is -0.358. The minimum Gasteiger partial charge on any atom is -0.389 e. The molecule has 1 saturated heterocycles. The predicted octanol–water partition coefficient (Wildman–Crippen LogP) is 3.12. The molecule has 1 N–H and O–H groups in total.